The van der Waals surface area contributed by atoms with Gasteiger partial charge in [0, 0.05) is 63.7 Å². The van der Waals surface area contributed by atoms with E-state index in [-0.39, 0.29) is 12.2 Å². The van der Waals surface area contributed by atoms with Crippen molar-refractivity contribution in [2.24, 2.45) is 5.41 Å². The van der Waals surface area contributed by atoms with E-state index in [2.05, 4.69) is 15.3 Å². The number of nitrogens with zero attached hydrogens (tertiary/aromatic N) is 6. The van der Waals surface area contributed by atoms with Crippen molar-refractivity contribution in [3.8, 4) is 22.4 Å². The number of anilines is 2. The largest absolute Gasteiger partial charge is 0.396 e. The summed E-state index contributed by atoms with van der Waals surface area (Å²) in [5.41, 5.74) is 4.22. The molecule has 0 unspecified atom stereocenters. The first-order valence-corrected chi connectivity index (χ1v) is 14.9. The van der Waals surface area contributed by atoms with Crippen LogP contribution in [0.4, 0.5) is 11.6 Å². The van der Waals surface area contributed by atoms with E-state index in [4.69, 9.17) is 21.6 Å². The minimum absolute atomic E-state index is 0.0249. The normalized spacial score (nSPS) is 14.6. The molecular weight excluding hydrogens is 562 g/mol. The summed E-state index contributed by atoms with van der Waals surface area (Å²) < 4.78 is 1.71. The first-order valence-electron chi connectivity index (χ1n) is 14.5. The van der Waals surface area contributed by atoms with Gasteiger partial charge >= 0.3 is 0 Å². The summed E-state index contributed by atoms with van der Waals surface area (Å²) in [4.78, 5) is 34.9. The second-order valence-electron chi connectivity index (χ2n) is 11.1. The Kier molecular flexibility index (Phi) is 8.21. The molecule has 10 heteroatoms. The molecule has 9 nitrogen and oxygen atoms in total. The highest BCUT2D eigenvalue weighted by Crippen LogP contribution is 2.34. The molecule has 0 atom stereocenters. The van der Waals surface area contributed by atoms with Crippen molar-refractivity contribution in [1.29, 1.82) is 0 Å². The van der Waals surface area contributed by atoms with E-state index in [1.54, 1.807) is 23.2 Å². The van der Waals surface area contributed by atoms with Gasteiger partial charge in [-0.2, -0.15) is 4.98 Å². The molecule has 0 radical (unpaired) electrons. The summed E-state index contributed by atoms with van der Waals surface area (Å²) in [6, 6.07) is 17.3. The number of para-hydroxylation sites is 1. The van der Waals surface area contributed by atoms with Crippen LogP contribution in [0.25, 0.3) is 33.4 Å². The number of hydrogen-bond donors (Lipinski definition) is 2. The summed E-state index contributed by atoms with van der Waals surface area (Å²) in [6.45, 7) is 6.44. The van der Waals surface area contributed by atoms with Gasteiger partial charge in [-0.25, -0.2) is 9.97 Å². The number of rotatable bonds is 8. The van der Waals surface area contributed by atoms with Crippen molar-refractivity contribution in [3.05, 3.63) is 94.3 Å². The van der Waals surface area contributed by atoms with Gasteiger partial charge in [0.25, 0.3) is 5.56 Å². The zero-order valence-corrected chi connectivity index (χ0v) is 25.1. The van der Waals surface area contributed by atoms with Crippen molar-refractivity contribution in [3.63, 3.8) is 0 Å². The van der Waals surface area contributed by atoms with Gasteiger partial charge in [0.05, 0.1) is 24.2 Å². The van der Waals surface area contributed by atoms with Crippen molar-refractivity contribution < 1.29 is 5.11 Å². The minimum atomic E-state index is -0.451. The van der Waals surface area contributed by atoms with Gasteiger partial charge in [0.15, 0.2) is 0 Å². The number of benzene rings is 2. The van der Waals surface area contributed by atoms with E-state index in [1.165, 1.54) is 0 Å². The molecule has 1 fully saturated rings. The van der Waals surface area contributed by atoms with Gasteiger partial charge in [0.1, 0.15) is 5.65 Å². The first-order chi connectivity index (χ1) is 20.9. The van der Waals surface area contributed by atoms with Crippen LogP contribution in [0.1, 0.15) is 25.5 Å². The maximum absolute atomic E-state index is 14.4. The maximum Gasteiger partial charge on any atom is 0.260 e. The summed E-state index contributed by atoms with van der Waals surface area (Å²) >= 11 is 6.85. The lowest BCUT2D eigenvalue weighted by Crippen LogP contribution is -2.44. The molecule has 43 heavy (non-hydrogen) atoms. The zero-order valence-electron chi connectivity index (χ0n) is 24.3. The molecule has 1 saturated heterocycles. The smallest absolute Gasteiger partial charge is 0.260 e. The molecule has 4 heterocycles. The van der Waals surface area contributed by atoms with Gasteiger partial charge in [-0.15, -0.1) is 0 Å². The summed E-state index contributed by atoms with van der Waals surface area (Å²) in [5, 5.41) is 15.1. The number of pyridine rings is 1. The fourth-order valence-electron chi connectivity index (χ4n) is 5.82. The van der Waals surface area contributed by atoms with E-state index in [0.29, 0.717) is 51.9 Å². The second-order valence-corrected chi connectivity index (χ2v) is 11.5. The predicted molar refractivity (Wildman–Crippen MR) is 171 cm³/mol. The van der Waals surface area contributed by atoms with Crippen LogP contribution in [0.15, 0.2) is 78.0 Å². The lowest BCUT2D eigenvalue weighted by atomic mass is 9.79. The highest BCUT2D eigenvalue weighted by atomic mass is 35.5. The lowest BCUT2D eigenvalue weighted by molar-refractivity contribution is 0.0716. The summed E-state index contributed by atoms with van der Waals surface area (Å²) in [5.74, 6) is 0.507. The molecule has 0 bridgehead atoms. The van der Waals surface area contributed by atoms with Crippen LogP contribution in [-0.4, -0.2) is 55.9 Å². The van der Waals surface area contributed by atoms with E-state index >= 15 is 0 Å². The zero-order chi connectivity index (χ0) is 30.0. The van der Waals surface area contributed by atoms with Crippen molar-refractivity contribution in [1.82, 2.24) is 29.8 Å². The summed E-state index contributed by atoms with van der Waals surface area (Å²) in [6.07, 6.45) is 6.65. The highest BCUT2D eigenvalue weighted by molar-refractivity contribution is 6.33. The SMILES string of the molecule is CCN(c1ccccc1)c1ncc2cc(-c3ccc(-c4cncc(C)n4)cc3Cl)c(=O)n(CC3(CO)CCNCC3)c2n1. The Labute approximate surface area is 255 Å². The van der Waals surface area contributed by atoms with E-state index in [9.17, 15) is 9.90 Å². The molecule has 1 aliphatic heterocycles. The Morgan fingerprint density at radius 3 is 2.51 bits per heavy atom. The molecule has 0 saturated carbocycles. The van der Waals surface area contributed by atoms with Crippen LogP contribution in [0.5, 0.6) is 0 Å². The Bertz CT molecular complexity index is 1820. The molecule has 220 valence electrons. The quantitative estimate of drug-likeness (QED) is 0.245. The van der Waals surface area contributed by atoms with Crippen LogP contribution in [0, 0.1) is 12.3 Å². The third-order valence-corrected chi connectivity index (χ3v) is 8.56. The van der Waals surface area contributed by atoms with E-state index in [1.807, 2.05) is 73.3 Å². The Hall–Kier alpha value is -4.18. The van der Waals surface area contributed by atoms with Crippen LogP contribution < -0.4 is 15.8 Å². The molecule has 6 rings (SSSR count). The third-order valence-electron chi connectivity index (χ3n) is 8.24. The van der Waals surface area contributed by atoms with Gasteiger partial charge < -0.3 is 15.3 Å². The predicted octanol–water partition coefficient (Wildman–Crippen LogP) is 5.40. The Morgan fingerprint density at radius 2 is 1.81 bits per heavy atom. The number of aliphatic hydroxyl groups is 1. The average molecular weight is 596 g/mol. The second kappa shape index (κ2) is 12.2. The molecule has 3 aromatic heterocycles. The number of aryl methyl sites for hydroxylation is 1. The Balaban J connectivity index is 1.51. The number of aromatic nitrogens is 5. The Morgan fingerprint density at radius 1 is 1.02 bits per heavy atom. The molecular formula is C33H34ClN7O2. The lowest BCUT2D eigenvalue weighted by Gasteiger charge is -2.36. The molecule has 0 spiro atoms. The van der Waals surface area contributed by atoms with Crippen LogP contribution in [0.3, 0.4) is 0 Å². The molecule has 1 aliphatic rings. The van der Waals surface area contributed by atoms with Gasteiger partial charge in [0.2, 0.25) is 5.95 Å². The first kappa shape index (κ1) is 28.9. The topological polar surface area (TPSA) is 109 Å². The minimum Gasteiger partial charge on any atom is -0.396 e. The molecule has 0 aliphatic carbocycles. The van der Waals surface area contributed by atoms with Crippen LogP contribution in [-0.2, 0) is 6.54 Å². The number of piperidine rings is 1. The van der Waals surface area contributed by atoms with Crippen LogP contribution >= 0.6 is 11.6 Å². The number of aliphatic hydroxyl groups excluding tert-OH is 1. The number of halogens is 1. The third kappa shape index (κ3) is 5.76. The number of nitrogens with one attached hydrogen (secondary N) is 1. The van der Waals surface area contributed by atoms with Crippen molar-refractivity contribution >= 4 is 34.3 Å². The molecule has 5 aromatic rings. The standard InChI is InChI=1S/C33H34ClN7O2/c1-3-40(25-7-5-4-6-8-25)32-37-18-24-15-27(26-10-9-23(16-28(26)34)29-19-36-17-22(2)38-29)31(43)41(30(24)39-32)20-33(21-42)11-13-35-14-12-33/h4-10,15-19,35,42H,3,11-14,20-21H2,1-2H3. The fourth-order valence-corrected chi connectivity index (χ4v) is 6.10. The monoisotopic (exact) mass is 595 g/mol. The van der Waals surface area contributed by atoms with Gasteiger partial charge in [-0.05, 0) is 64.0 Å². The number of hydrogen-bond acceptors (Lipinski definition) is 8. The highest BCUT2D eigenvalue weighted by Gasteiger charge is 2.33. The van der Waals surface area contributed by atoms with Crippen molar-refractivity contribution in [2.75, 3.05) is 31.1 Å². The van der Waals surface area contributed by atoms with E-state index in [0.717, 1.165) is 42.9 Å². The van der Waals surface area contributed by atoms with E-state index < -0.39 is 5.41 Å². The fraction of sp³-hybridized carbons (Fsp3) is 0.303. The molecule has 0 amide bonds. The van der Waals surface area contributed by atoms with Crippen LogP contribution in [0.2, 0.25) is 5.02 Å². The molecule has 2 aromatic carbocycles. The number of fused-ring (bicyclic) bond motifs is 1. The molecule has 2 N–H and O–H groups in total. The summed E-state index contributed by atoms with van der Waals surface area (Å²) in [7, 11) is 0. The van der Waals surface area contributed by atoms with Crippen molar-refractivity contribution in [2.45, 2.75) is 33.2 Å². The maximum atomic E-state index is 14.4. The average Bonchev–Trinajstić information content (AvgIpc) is 3.04. The van der Waals surface area contributed by atoms with Gasteiger partial charge in [-0.3, -0.25) is 14.3 Å². The van der Waals surface area contributed by atoms with Gasteiger partial charge in [-0.1, -0.05) is 41.9 Å².